The van der Waals surface area contributed by atoms with E-state index in [0.717, 1.165) is 22.6 Å². The van der Waals surface area contributed by atoms with Crippen LogP contribution in [0.5, 0.6) is 0 Å². The van der Waals surface area contributed by atoms with Crippen LogP contribution in [0.4, 0.5) is 18.9 Å². The summed E-state index contributed by atoms with van der Waals surface area (Å²) in [6.45, 7) is 0.696. The molecule has 1 unspecified atom stereocenters. The molecule has 1 amide bonds. The maximum atomic E-state index is 13.1. The van der Waals surface area contributed by atoms with E-state index in [1.54, 1.807) is 12.1 Å². The molecule has 0 bridgehead atoms. The van der Waals surface area contributed by atoms with E-state index in [2.05, 4.69) is 5.32 Å². The summed E-state index contributed by atoms with van der Waals surface area (Å²) in [6, 6.07) is 9.24. The summed E-state index contributed by atoms with van der Waals surface area (Å²) >= 11 is 0. The highest BCUT2D eigenvalue weighted by Gasteiger charge is 2.12. The average molecular weight is 309 g/mol. The van der Waals surface area contributed by atoms with E-state index in [-0.39, 0.29) is 24.0 Å². The zero-order valence-electron chi connectivity index (χ0n) is 12.0. The van der Waals surface area contributed by atoms with Crippen LogP contribution in [0.15, 0.2) is 42.5 Å². The largest absolute Gasteiger partial charge is 0.326 e. The summed E-state index contributed by atoms with van der Waals surface area (Å²) in [5, 5.41) is 2.51. The first-order chi connectivity index (χ1) is 10.4. The van der Waals surface area contributed by atoms with Crippen molar-refractivity contribution in [1.82, 2.24) is 0 Å². The van der Waals surface area contributed by atoms with Crippen LogP contribution < -0.4 is 10.2 Å². The molecular weight excluding hydrogens is 293 g/mol. The standard InChI is InChI=1S/C16H15F3N2O/c1-21(9-11-2-4-12(17)5-3-11)10-16(22)20-13-6-7-14(18)15(19)8-13/h2-8H,9-10H2,1H3,(H,20,22)/p+1. The Morgan fingerprint density at radius 3 is 2.36 bits per heavy atom. The fourth-order valence-electron chi connectivity index (χ4n) is 2.07. The lowest BCUT2D eigenvalue weighted by Crippen LogP contribution is -3.08. The van der Waals surface area contributed by atoms with Crippen LogP contribution in [0.25, 0.3) is 0 Å². The molecule has 22 heavy (non-hydrogen) atoms. The van der Waals surface area contributed by atoms with Crippen molar-refractivity contribution in [3.05, 3.63) is 65.5 Å². The second kappa shape index (κ2) is 7.09. The third-order valence-electron chi connectivity index (χ3n) is 3.08. The number of anilines is 1. The van der Waals surface area contributed by atoms with E-state index >= 15 is 0 Å². The van der Waals surface area contributed by atoms with E-state index in [1.807, 2.05) is 7.05 Å². The topological polar surface area (TPSA) is 33.5 Å². The average Bonchev–Trinajstić information content (AvgIpc) is 2.45. The van der Waals surface area contributed by atoms with Gasteiger partial charge in [-0.1, -0.05) is 12.1 Å². The van der Waals surface area contributed by atoms with Gasteiger partial charge in [0.15, 0.2) is 18.2 Å². The maximum Gasteiger partial charge on any atom is 0.279 e. The minimum atomic E-state index is -1.01. The smallest absolute Gasteiger partial charge is 0.279 e. The van der Waals surface area contributed by atoms with Gasteiger partial charge in [-0.25, -0.2) is 13.2 Å². The van der Waals surface area contributed by atoms with Crippen LogP contribution in [-0.4, -0.2) is 19.5 Å². The van der Waals surface area contributed by atoms with Gasteiger partial charge in [-0.15, -0.1) is 0 Å². The zero-order valence-corrected chi connectivity index (χ0v) is 12.0. The lowest BCUT2D eigenvalue weighted by molar-refractivity contribution is -0.885. The molecule has 1 atom stereocenters. The SMILES string of the molecule is C[NH+](CC(=O)Nc1ccc(F)c(F)c1)Cc1ccc(F)cc1. The molecule has 0 saturated heterocycles. The Morgan fingerprint density at radius 2 is 1.73 bits per heavy atom. The molecule has 3 nitrogen and oxygen atoms in total. The number of rotatable bonds is 5. The van der Waals surface area contributed by atoms with Gasteiger partial charge in [-0.3, -0.25) is 4.79 Å². The van der Waals surface area contributed by atoms with E-state index in [4.69, 9.17) is 0 Å². The van der Waals surface area contributed by atoms with Crippen molar-refractivity contribution in [1.29, 1.82) is 0 Å². The molecule has 2 rings (SSSR count). The number of carbonyl (C=O) groups is 1. The fraction of sp³-hybridized carbons (Fsp3) is 0.188. The third kappa shape index (κ3) is 4.60. The van der Waals surface area contributed by atoms with Gasteiger partial charge in [0, 0.05) is 17.3 Å². The van der Waals surface area contributed by atoms with Crippen molar-refractivity contribution >= 4 is 11.6 Å². The summed E-state index contributed by atoms with van der Waals surface area (Å²) in [4.78, 5) is 12.7. The number of carbonyl (C=O) groups excluding carboxylic acids is 1. The van der Waals surface area contributed by atoms with Crippen molar-refractivity contribution in [2.24, 2.45) is 0 Å². The molecule has 0 aromatic heterocycles. The number of nitrogens with one attached hydrogen (secondary N) is 2. The van der Waals surface area contributed by atoms with Crippen LogP contribution >= 0.6 is 0 Å². The van der Waals surface area contributed by atoms with Gasteiger partial charge in [-0.05, 0) is 24.3 Å². The Kier molecular flexibility index (Phi) is 5.16. The summed E-state index contributed by atoms with van der Waals surface area (Å²) < 4.78 is 38.7. The number of amides is 1. The lowest BCUT2D eigenvalue weighted by atomic mass is 10.2. The van der Waals surface area contributed by atoms with E-state index in [0.29, 0.717) is 6.54 Å². The van der Waals surface area contributed by atoms with Gasteiger partial charge >= 0.3 is 0 Å². The number of halogens is 3. The van der Waals surface area contributed by atoms with Crippen molar-refractivity contribution in [2.45, 2.75) is 6.54 Å². The molecule has 0 spiro atoms. The first kappa shape index (κ1) is 16.0. The molecule has 2 N–H and O–H groups in total. The van der Waals surface area contributed by atoms with Gasteiger partial charge in [0.05, 0.1) is 7.05 Å². The number of hydrogen-bond donors (Lipinski definition) is 2. The highest BCUT2D eigenvalue weighted by molar-refractivity contribution is 5.91. The predicted octanol–water partition coefficient (Wildman–Crippen LogP) is 1.76. The monoisotopic (exact) mass is 309 g/mol. The molecule has 2 aromatic carbocycles. The van der Waals surface area contributed by atoms with Crippen molar-refractivity contribution in [2.75, 3.05) is 18.9 Å². The van der Waals surface area contributed by atoms with Crippen molar-refractivity contribution in [3.8, 4) is 0 Å². The quantitative estimate of drug-likeness (QED) is 0.867. The molecule has 0 fully saturated rings. The second-order valence-electron chi connectivity index (χ2n) is 5.11. The predicted molar refractivity (Wildman–Crippen MR) is 76.8 cm³/mol. The Morgan fingerprint density at radius 1 is 1.05 bits per heavy atom. The molecule has 0 aliphatic heterocycles. The van der Waals surface area contributed by atoms with Gasteiger partial charge < -0.3 is 10.2 Å². The minimum absolute atomic E-state index is 0.149. The molecular formula is C16H16F3N2O+. The Labute approximate surface area is 126 Å². The van der Waals surface area contributed by atoms with Gasteiger partial charge in [0.2, 0.25) is 0 Å². The fourth-order valence-corrected chi connectivity index (χ4v) is 2.07. The molecule has 0 saturated carbocycles. The van der Waals surface area contributed by atoms with Crippen LogP contribution in [-0.2, 0) is 11.3 Å². The first-order valence-electron chi connectivity index (χ1n) is 6.74. The molecule has 0 heterocycles. The maximum absolute atomic E-state index is 13.1. The Bertz CT molecular complexity index is 659. The number of quaternary nitrogens is 1. The van der Waals surface area contributed by atoms with Crippen LogP contribution in [0, 0.1) is 17.5 Å². The van der Waals surface area contributed by atoms with Gasteiger partial charge in [-0.2, -0.15) is 0 Å². The summed E-state index contributed by atoms with van der Waals surface area (Å²) in [7, 11) is 1.81. The van der Waals surface area contributed by atoms with E-state index in [9.17, 15) is 18.0 Å². The lowest BCUT2D eigenvalue weighted by Gasteiger charge is -2.14. The van der Waals surface area contributed by atoms with Crippen molar-refractivity contribution < 1.29 is 22.9 Å². The Balaban J connectivity index is 1.88. The van der Waals surface area contributed by atoms with Crippen LogP contribution in [0.2, 0.25) is 0 Å². The second-order valence-corrected chi connectivity index (χ2v) is 5.11. The molecule has 116 valence electrons. The zero-order chi connectivity index (χ0) is 16.1. The molecule has 2 aromatic rings. The summed E-state index contributed by atoms with van der Waals surface area (Å²) in [5.74, 6) is -2.59. The van der Waals surface area contributed by atoms with Crippen LogP contribution in [0.1, 0.15) is 5.56 Å². The normalized spacial score (nSPS) is 12.0. The third-order valence-corrected chi connectivity index (χ3v) is 3.08. The Hall–Kier alpha value is -2.34. The molecule has 6 heteroatoms. The van der Waals surface area contributed by atoms with E-state index in [1.165, 1.54) is 18.2 Å². The summed E-state index contributed by atoms with van der Waals surface area (Å²) in [6.07, 6.45) is 0. The van der Waals surface area contributed by atoms with Crippen LogP contribution in [0.3, 0.4) is 0 Å². The summed E-state index contributed by atoms with van der Waals surface area (Å²) in [5.41, 5.74) is 1.11. The molecule has 0 radical (unpaired) electrons. The van der Waals surface area contributed by atoms with E-state index < -0.39 is 11.6 Å². The molecule has 0 aliphatic rings. The number of likely N-dealkylation sites (N-methyl/N-ethyl adjacent to an activating group) is 1. The molecule has 0 aliphatic carbocycles. The van der Waals surface area contributed by atoms with Crippen molar-refractivity contribution in [3.63, 3.8) is 0 Å². The highest BCUT2D eigenvalue weighted by Crippen LogP contribution is 2.12. The highest BCUT2D eigenvalue weighted by atomic mass is 19.2. The number of hydrogen-bond acceptors (Lipinski definition) is 1. The van der Waals surface area contributed by atoms with Gasteiger partial charge in [0.25, 0.3) is 5.91 Å². The first-order valence-corrected chi connectivity index (χ1v) is 6.74. The number of benzene rings is 2. The minimum Gasteiger partial charge on any atom is -0.326 e. The van der Waals surface area contributed by atoms with Gasteiger partial charge in [0.1, 0.15) is 12.4 Å².